The van der Waals surface area contributed by atoms with Crippen LogP contribution >= 0.6 is 11.8 Å². The van der Waals surface area contributed by atoms with Gasteiger partial charge in [0.1, 0.15) is 6.33 Å². The quantitative estimate of drug-likeness (QED) is 0.878. The number of hydrogen-bond acceptors (Lipinski definition) is 4. The third-order valence-electron chi connectivity index (χ3n) is 2.41. The van der Waals surface area contributed by atoms with E-state index in [0.29, 0.717) is 6.54 Å². The molecule has 2 rings (SSSR count). The van der Waals surface area contributed by atoms with E-state index in [1.165, 1.54) is 11.1 Å². The Bertz CT molecular complexity index is 492. The van der Waals surface area contributed by atoms with Gasteiger partial charge < -0.3 is 10.3 Å². The van der Waals surface area contributed by atoms with Gasteiger partial charge in [-0.15, -0.1) is 10.2 Å². The number of aryl methyl sites for hydroxylation is 2. The first kappa shape index (κ1) is 11.2. The molecule has 2 N–H and O–H groups in total. The standard InChI is InChI=1S/C11H14N4S/c1-8-5-10(4-3-9(8)6-12)16-11-14-13-7-15(11)2/h3-5,7H,6,12H2,1-2H3. The largest absolute Gasteiger partial charge is 0.326 e. The first-order valence-corrected chi connectivity index (χ1v) is 5.84. The minimum atomic E-state index is 0.584. The van der Waals surface area contributed by atoms with Crippen LogP contribution in [0.15, 0.2) is 34.6 Å². The van der Waals surface area contributed by atoms with E-state index < -0.39 is 0 Å². The number of nitrogens with zero attached hydrogens (tertiary/aromatic N) is 3. The van der Waals surface area contributed by atoms with Gasteiger partial charge in [0.15, 0.2) is 5.16 Å². The molecule has 0 saturated heterocycles. The summed E-state index contributed by atoms with van der Waals surface area (Å²) in [5, 5.41) is 8.77. The summed E-state index contributed by atoms with van der Waals surface area (Å²) < 4.78 is 1.90. The Labute approximate surface area is 98.9 Å². The normalized spacial score (nSPS) is 10.7. The zero-order chi connectivity index (χ0) is 11.5. The van der Waals surface area contributed by atoms with Crippen molar-refractivity contribution in [2.75, 3.05) is 0 Å². The van der Waals surface area contributed by atoms with Crippen molar-refractivity contribution < 1.29 is 0 Å². The van der Waals surface area contributed by atoms with Crippen molar-refractivity contribution in [1.82, 2.24) is 14.8 Å². The van der Waals surface area contributed by atoms with E-state index in [4.69, 9.17) is 5.73 Å². The zero-order valence-corrected chi connectivity index (χ0v) is 10.2. The van der Waals surface area contributed by atoms with E-state index in [-0.39, 0.29) is 0 Å². The summed E-state index contributed by atoms with van der Waals surface area (Å²) in [6.07, 6.45) is 1.70. The summed E-state index contributed by atoms with van der Waals surface area (Å²) in [7, 11) is 1.93. The van der Waals surface area contributed by atoms with E-state index in [1.54, 1.807) is 18.1 Å². The van der Waals surface area contributed by atoms with Crippen LogP contribution in [0.4, 0.5) is 0 Å². The minimum absolute atomic E-state index is 0.584. The first-order chi connectivity index (χ1) is 7.70. The summed E-state index contributed by atoms with van der Waals surface area (Å²) in [6, 6.07) is 6.25. The van der Waals surface area contributed by atoms with Gasteiger partial charge >= 0.3 is 0 Å². The van der Waals surface area contributed by atoms with Crippen LogP contribution in [-0.2, 0) is 13.6 Å². The van der Waals surface area contributed by atoms with Crippen LogP contribution in [0.3, 0.4) is 0 Å². The van der Waals surface area contributed by atoms with Crippen LogP contribution in [-0.4, -0.2) is 14.8 Å². The van der Waals surface area contributed by atoms with Crippen LogP contribution in [0.5, 0.6) is 0 Å². The molecule has 0 aliphatic heterocycles. The highest BCUT2D eigenvalue weighted by molar-refractivity contribution is 7.99. The fourth-order valence-corrected chi connectivity index (χ4v) is 2.29. The molecule has 16 heavy (non-hydrogen) atoms. The van der Waals surface area contributed by atoms with Crippen molar-refractivity contribution in [1.29, 1.82) is 0 Å². The Morgan fingerprint density at radius 3 is 2.81 bits per heavy atom. The van der Waals surface area contributed by atoms with Gasteiger partial charge in [-0.1, -0.05) is 6.07 Å². The lowest BCUT2D eigenvalue weighted by Gasteiger charge is -2.05. The molecule has 0 saturated carbocycles. The maximum absolute atomic E-state index is 5.63. The van der Waals surface area contributed by atoms with E-state index in [9.17, 15) is 0 Å². The van der Waals surface area contributed by atoms with Crippen LogP contribution in [0.2, 0.25) is 0 Å². The second kappa shape index (κ2) is 4.67. The van der Waals surface area contributed by atoms with Gasteiger partial charge in [-0.3, -0.25) is 0 Å². The second-order valence-electron chi connectivity index (χ2n) is 3.62. The lowest BCUT2D eigenvalue weighted by molar-refractivity contribution is 0.788. The molecule has 0 atom stereocenters. The Morgan fingerprint density at radius 1 is 1.44 bits per heavy atom. The van der Waals surface area contributed by atoms with Crippen molar-refractivity contribution in [2.24, 2.45) is 12.8 Å². The van der Waals surface area contributed by atoms with Crippen LogP contribution in [0, 0.1) is 6.92 Å². The molecule has 0 bridgehead atoms. The molecule has 5 heteroatoms. The van der Waals surface area contributed by atoms with Crippen LogP contribution in [0.1, 0.15) is 11.1 Å². The van der Waals surface area contributed by atoms with Gasteiger partial charge in [0.05, 0.1) is 0 Å². The zero-order valence-electron chi connectivity index (χ0n) is 9.34. The topological polar surface area (TPSA) is 56.7 Å². The Morgan fingerprint density at radius 2 is 2.25 bits per heavy atom. The van der Waals surface area contributed by atoms with Crippen molar-refractivity contribution in [3.8, 4) is 0 Å². The number of rotatable bonds is 3. The molecule has 0 unspecified atom stereocenters. The molecule has 0 aliphatic carbocycles. The fraction of sp³-hybridized carbons (Fsp3) is 0.273. The average Bonchev–Trinajstić information content (AvgIpc) is 2.65. The van der Waals surface area contributed by atoms with Crippen LogP contribution < -0.4 is 5.73 Å². The first-order valence-electron chi connectivity index (χ1n) is 5.02. The van der Waals surface area contributed by atoms with Gasteiger partial charge in [0.25, 0.3) is 0 Å². The molecule has 1 aromatic carbocycles. The number of hydrogen-bond donors (Lipinski definition) is 1. The Hall–Kier alpha value is -1.33. The number of benzene rings is 1. The maximum atomic E-state index is 5.63. The van der Waals surface area contributed by atoms with E-state index in [1.807, 2.05) is 11.6 Å². The molecular weight excluding hydrogens is 220 g/mol. The van der Waals surface area contributed by atoms with E-state index >= 15 is 0 Å². The lowest BCUT2D eigenvalue weighted by atomic mass is 10.1. The van der Waals surface area contributed by atoms with Crippen LogP contribution in [0.25, 0.3) is 0 Å². The highest BCUT2D eigenvalue weighted by atomic mass is 32.2. The highest BCUT2D eigenvalue weighted by Crippen LogP contribution is 2.26. The maximum Gasteiger partial charge on any atom is 0.195 e. The predicted octanol–water partition coefficient (Wildman–Crippen LogP) is 1.73. The molecular formula is C11H14N4S. The van der Waals surface area contributed by atoms with Gasteiger partial charge in [-0.25, -0.2) is 0 Å². The van der Waals surface area contributed by atoms with Crippen molar-refractivity contribution >= 4 is 11.8 Å². The second-order valence-corrected chi connectivity index (χ2v) is 4.66. The van der Waals surface area contributed by atoms with Gasteiger partial charge in [-0.05, 0) is 41.9 Å². The molecule has 0 aliphatic rings. The molecule has 2 aromatic rings. The van der Waals surface area contributed by atoms with Crippen molar-refractivity contribution in [3.63, 3.8) is 0 Å². The fourth-order valence-electron chi connectivity index (χ4n) is 1.43. The van der Waals surface area contributed by atoms with E-state index in [2.05, 4.69) is 35.3 Å². The van der Waals surface area contributed by atoms with Gasteiger partial charge in [-0.2, -0.15) is 0 Å². The lowest BCUT2D eigenvalue weighted by Crippen LogP contribution is -1.98. The third kappa shape index (κ3) is 2.25. The summed E-state index contributed by atoms with van der Waals surface area (Å²) in [5.41, 5.74) is 8.03. The average molecular weight is 234 g/mol. The molecule has 0 fully saturated rings. The summed E-state index contributed by atoms with van der Waals surface area (Å²) in [4.78, 5) is 1.16. The molecule has 1 aromatic heterocycles. The van der Waals surface area contributed by atoms with Crippen molar-refractivity contribution in [3.05, 3.63) is 35.7 Å². The summed E-state index contributed by atoms with van der Waals surface area (Å²) in [5.74, 6) is 0. The predicted molar refractivity (Wildman–Crippen MR) is 64.2 cm³/mol. The number of aromatic nitrogens is 3. The Balaban J connectivity index is 2.23. The Kier molecular flexibility index (Phi) is 3.26. The molecule has 0 spiro atoms. The number of nitrogens with two attached hydrogens (primary N) is 1. The summed E-state index contributed by atoms with van der Waals surface area (Å²) >= 11 is 1.60. The smallest absolute Gasteiger partial charge is 0.195 e. The molecule has 0 radical (unpaired) electrons. The SMILES string of the molecule is Cc1cc(Sc2nncn2C)ccc1CN. The minimum Gasteiger partial charge on any atom is -0.326 e. The third-order valence-corrected chi connectivity index (χ3v) is 3.45. The van der Waals surface area contributed by atoms with Gasteiger partial charge in [0.2, 0.25) is 0 Å². The van der Waals surface area contributed by atoms with E-state index in [0.717, 1.165) is 10.1 Å². The molecule has 84 valence electrons. The monoisotopic (exact) mass is 234 g/mol. The van der Waals surface area contributed by atoms with Gasteiger partial charge in [0, 0.05) is 18.5 Å². The molecule has 4 nitrogen and oxygen atoms in total. The molecule has 1 heterocycles. The molecule has 0 amide bonds. The highest BCUT2D eigenvalue weighted by Gasteiger charge is 2.04. The summed E-state index contributed by atoms with van der Waals surface area (Å²) in [6.45, 7) is 2.66. The van der Waals surface area contributed by atoms with Crippen molar-refractivity contribution in [2.45, 2.75) is 23.5 Å².